The van der Waals surface area contributed by atoms with E-state index in [-0.39, 0.29) is 22.6 Å². The zero-order chi connectivity index (χ0) is 24.1. The number of ether oxygens (including phenoxy) is 5. The normalized spacial score (nSPS) is 15.0. The molecule has 33 heavy (non-hydrogen) atoms. The Kier molecular flexibility index (Phi) is 7.65. The molecular weight excluding hydrogens is 428 g/mol. The molecule has 9 heteroatoms. The number of pyridine rings is 1. The van der Waals surface area contributed by atoms with Gasteiger partial charge in [-0.15, -0.1) is 0 Å². The first kappa shape index (κ1) is 24.2. The fourth-order valence-corrected chi connectivity index (χ4v) is 4.09. The molecule has 0 aliphatic carbocycles. The Labute approximate surface area is 192 Å². The van der Waals surface area contributed by atoms with Crippen LogP contribution in [0.25, 0.3) is 0 Å². The van der Waals surface area contributed by atoms with Crippen molar-refractivity contribution in [2.45, 2.75) is 32.2 Å². The molecule has 0 saturated heterocycles. The zero-order valence-corrected chi connectivity index (χ0v) is 19.6. The van der Waals surface area contributed by atoms with Gasteiger partial charge in [-0.1, -0.05) is 13.3 Å². The number of nitrogens with two attached hydrogens (primary N) is 1. The molecule has 0 bridgehead atoms. The van der Waals surface area contributed by atoms with E-state index in [9.17, 15) is 9.59 Å². The Morgan fingerprint density at radius 2 is 1.91 bits per heavy atom. The standard InChI is InChI=1S/C24H30N2O7/c1-6-7-14-12-18-20(23(27)26(14)10-11-29-2)19(21(22(25)33-18)24(28)32-5)16-13-15(30-3)8-9-17(16)31-4/h8-9,12-13,19H,6-7,10-11,25H2,1-5H3. The summed E-state index contributed by atoms with van der Waals surface area (Å²) in [5, 5.41) is 0. The predicted molar refractivity (Wildman–Crippen MR) is 122 cm³/mol. The van der Waals surface area contributed by atoms with Gasteiger partial charge in [0.2, 0.25) is 5.88 Å². The van der Waals surface area contributed by atoms with Gasteiger partial charge in [0.1, 0.15) is 22.8 Å². The van der Waals surface area contributed by atoms with Crippen molar-refractivity contribution in [3.8, 4) is 17.2 Å². The summed E-state index contributed by atoms with van der Waals surface area (Å²) in [6.07, 6.45) is 1.49. The lowest BCUT2D eigenvalue weighted by Gasteiger charge is -2.30. The number of rotatable bonds is 9. The van der Waals surface area contributed by atoms with E-state index in [0.717, 1.165) is 12.1 Å². The summed E-state index contributed by atoms with van der Waals surface area (Å²) in [5.74, 6) is -0.415. The van der Waals surface area contributed by atoms with Gasteiger partial charge in [0, 0.05) is 31.0 Å². The van der Waals surface area contributed by atoms with Crippen LogP contribution in [0.2, 0.25) is 0 Å². The lowest BCUT2D eigenvalue weighted by atomic mass is 9.82. The molecular formula is C24H30N2O7. The number of aromatic nitrogens is 1. The summed E-state index contributed by atoms with van der Waals surface area (Å²) >= 11 is 0. The van der Waals surface area contributed by atoms with Crippen LogP contribution in [0.1, 0.15) is 36.1 Å². The Balaban J connectivity index is 2.38. The Bertz CT molecular complexity index is 1120. The third-order valence-electron chi connectivity index (χ3n) is 5.63. The number of methoxy groups -OCH3 is 4. The molecule has 2 heterocycles. The summed E-state index contributed by atoms with van der Waals surface area (Å²) in [6.45, 7) is 2.73. The van der Waals surface area contributed by atoms with Crippen LogP contribution in [-0.2, 0) is 27.2 Å². The average Bonchev–Trinajstić information content (AvgIpc) is 2.82. The fourth-order valence-electron chi connectivity index (χ4n) is 4.09. The van der Waals surface area contributed by atoms with Crippen molar-refractivity contribution in [2.24, 2.45) is 5.73 Å². The Morgan fingerprint density at radius 3 is 2.52 bits per heavy atom. The van der Waals surface area contributed by atoms with Gasteiger partial charge in [-0.25, -0.2) is 4.79 Å². The second-order valence-corrected chi connectivity index (χ2v) is 7.53. The van der Waals surface area contributed by atoms with Gasteiger partial charge in [0.15, 0.2) is 0 Å². The van der Waals surface area contributed by atoms with Crippen molar-refractivity contribution in [2.75, 3.05) is 35.0 Å². The maximum Gasteiger partial charge on any atom is 0.340 e. The van der Waals surface area contributed by atoms with E-state index in [1.165, 1.54) is 21.3 Å². The van der Waals surface area contributed by atoms with Crippen LogP contribution in [-0.4, -0.2) is 45.6 Å². The molecule has 1 atom stereocenters. The third-order valence-corrected chi connectivity index (χ3v) is 5.63. The maximum atomic E-state index is 13.9. The lowest BCUT2D eigenvalue weighted by Crippen LogP contribution is -2.36. The molecule has 2 N–H and O–H groups in total. The first-order chi connectivity index (χ1) is 15.9. The molecule has 0 saturated carbocycles. The smallest absolute Gasteiger partial charge is 0.340 e. The van der Waals surface area contributed by atoms with Crippen LogP contribution < -0.4 is 25.5 Å². The summed E-state index contributed by atoms with van der Waals surface area (Å²) < 4.78 is 28.6. The van der Waals surface area contributed by atoms with Crippen molar-refractivity contribution in [3.63, 3.8) is 0 Å². The summed E-state index contributed by atoms with van der Waals surface area (Å²) in [6, 6.07) is 6.96. The van der Waals surface area contributed by atoms with E-state index in [1.54, 1.807) is 35.9 Å². The molecule has 0 spiro atoms. The molecule has 1 unspecified atom stereocenters. The predicted octanol–water partition coefficient (Wildman–Crippen LogP) is 2.33. The molecule has 0 radical (unpaired) electrons. The molecule has 1 aromatic carbocycles. The number of carbonyl (C=O) groups excluding carboxylic acids is 1. The zero-order valence-electron chi connectivity index (χ0n) is 19.6. The van der Waals surface area contributed by atoms with Crippen molar-refractivity contribution in [1.29, 1.82) is 0 Å². The molecule has 0 amide bonds. The van der Waals surface area contributed by atoms with Gasteiger partial charge >= 0.3 is 5.97 Å². The minimum absolute atomic E-state index is 0.0233. The number of hydrogen-bond donors (Lipinski definition) is 1. The number of carbonyl (C=O) groups is 1. The molecule has 2 aromatic rings. The third kappa shape index (κ3) is 4.54. The number of nitrogens with zero attached hydrogens (tertiary/aromatic N) is 1. The van der Waals surface area contributed by atoms with Crippen LogP contribution in [0.5, 0.6) is 17.2 Å². The minimum atomic E-state index is -0.886. The highest BCUT2D eigenvalue weighted by Crippen LogP contribution is 2.45. The first-order valence-electron chi connectivity index (χ1n) is 10.6. The van der Waals surface area contributed by atoms with Crippen LogP contribution in [0.4, 0.5) is 0 Å². The van der Waals surface area contributed by atoms with Crippen LogP contribution in [0.3, 0.4) is 0 Å². The second-order valence-electron chi connectivity index (χ2n) is 7.53. The Morgan fingerprint density at radius 1 is 1.15 bits per heavy atom. The first-order valence-corrected chi connectivity index (χ1v) is 10.6. The summed E-state index contributed by atoms with van der Waals surface area (Å²) in [4.78, 5) is 26.7. The molecule has 1 aliphatic heterocycles. The highest BCUT2D eigenvalue weighted by Gasteiger charge is 2.40. The quantitative estimate of drug-likeness (QED) is 0.570. The molecule has 0 fully saturated rings. The number of benzene rings is 1. The largest absolute Gasteiger partial charge is 0.497 e. The van der Waals surface area contributed by atoms with Gasteiger partial charge in [0.05, 0.1) is 39.4 Å². The molecule has 178 valence electrons. The monoisotopic (exact) mass is 458 g/mol. The van der Waals surface area contributed by atoms with E-state index in [1.807, 2.05) is 6.92 Å². The highest BCUT2D eigenvalue weighted by atomic mass is 16.5. The number of esters is 1. The number of aryl methyl sites for hydroxylation is 1. The number of hydrogen-bond acceptors (Lipinski definition) is 8. The van der Waals surface area contributed by atoms with Gasteiger partial charge < -0.3 is 34.0 Å². The molecule has 1 aliphatic rings. The van der Waals surface area contributed by atoms with E-state index < -0.39 is 11.9 Å². The van der Waals surface area contributed by atoms with Gasteiger partial charge in [-0.05, 0) is 24.6 Å². The second kappa shape index (κ2) is 10.4. The highest BCUT2D eigenvalue weighted by molar-refractivity contribution is 5.92. The van der Waals surface area contributed by atoms with Crippen molar-refractivity contribution >= 4 is 5.97 Å². The van der Waals surface area contributed by atoms with Crippen LogP contribution >= 0.6 is 0 Å². The Hall–Kier alpha value is -3.46. The maximum absolute atomic E-state index is 13.9. The fraction of sp³-hybridized carbons (Fsp3) is 0.417. The van der Waals surface area contributed by atoms with Crippen molar-refractivity contribution in [1.82, 2.24) is 4.57 Å². The summed E-state index contributed by atoms with van der Waals surface area (Å²) in [5.41, 5.74) is 7.53. The minimum Gasteiger partial charge on any atom is -0.497 e. The van der Waals surface area contributed by atoms with Crippen molar-refractivity contribution < 1.29 is 28.5 Å². The molecule has 3 rings (SSSR count). The van der Waals surface area contributed by atoms with Crippen molar-refractivity contribution in [3.05, 3.63) is 62.9 Å². The molecule has 1 aromatic heterocycles. The van der Waals surface area contributed by atoms with E-state index in [0.29, 0.717) is 42.4 Å². The van der Waals surface area contributed by atoms with Gasteiger partial charge in [-0.2, -0.15) is 0 Å². The summed E-state index contributed by atoms with van der Waals surface area (Å²) in [7, 11) is 5.87. The molecule has 9 nitrogen and oxygen atoms in total. The van der Waals surface area contributed by atoms with Gasteiger partial charge in [-0.3, -0.25) is 4.79 Å². The van der Waals surface area contributed by atoms with E-state index in [4.69, 9.17) is 29.4 Å². The lowest BCUT2D eigenvalue weighted by molar-refractivity contribution is -0.136. The number of fused-ring (bicyclic) bond motifs is 1. The van der Waals surface area contributed by atoms with Gasteiger partial charge in [0.25, 0.3) is 5.56 Å². The van der Waals surface area contributed by atoms with E-state index in [2.05, 4.69) is 0 Å². The van der Waals surface area contributed by atoms with Crippen LogP contribution in [0, 0.1) is 0 Å². The SMILES string of the molecule is CCCc1cc2c(c(=O)n1CCOC)C(c1cc(OC)ccc1OC)C(C(=O)OC)=C(N)O2. The van der Waals surface area contributed by atoms with E-state index >= 15 is 0 Å². The topological polar surface area (TPSA) is 111 Å². The average molecular weight is 459 g/mol. The van der Waals surface area contributed by atoms with Crippen LogP contribution in [0.15, 0.2) is 40.5 Å².